The summed E-state index contributed by atoms with van der Waals surface area (Å²) in [5, 5.41) is 2.89. The van der Waals surface area contributed by atoms with E-state index in [1.54, 1.807) is 6.07 Å². The van der Waals surface area contributed by atoms with Crippen molar-refractivity contribution in [3.05, 3.63) is 23.9 Å². The van der Waals surface area contributed by atoms with E-state index in [1.807, 2.05) is 24.0 Å². The lowest BCUT2D eigenvalue weighted by Crippen LogP contribution is -2.47. The number of hydrogen-bond acceptors (Lipinski definition) is 4. The van der Waals surface area contributed by atoms with Gasteiger partial charge in [-0.05, 0) is 57.2 Å². The molecular formula is C19H30Cl2N4O2. The second-order valence-corrected chi connectivity index (χ2v) is 7.31. The topological polar surface area (TPSA) is 88.3 Å². The van der Waals surface area contributed by atoms with E-state index in [0.717, 1.165) is 44.3 Å². The summed E-state index contributed by atoms with van der Waals surface area (Å²) >= 11 is 0. The quantitative estimate of drug-likeness (QED) is 0.789. The van der Waals surface area contributed by atoms with Gasteiger partial charge in [-0.25, -0.2) is 4.98 Å². The molecule has 2 aliphatic rings. The van der Waals surface area contributed by atoms with E-state index in [-0.39, 0.29) is 48.5 Å². The van der Waals surface area contributed by atoms with Crippen LogP contribution < -0.4 is 11.1 Å². The van der Waals surface area contributed by atoms with E-state index < -0.39 is 0 Å². The van der Waals surface area contributed by atoms with Gasteiger partial charge in [0.1, 0.15) is 5.82 Å². The molecular weight excluding hydrogens is 387 g/mol. The zero-order valence-electron chi connectivity index (χ0n) is 15.7. The number of nitrogens with one attached hydrogen (secondary N) is 1. The number of halogens is 2. The minimum absolute atomic E-state index is 0. The van der Waals surface area contributed by atoms with Gasteiger partial charge in [0.15, 0.2) is 0 Å². The molecule has 2 amide bonds. The average molecular weight is 417 g/mol. The number of carbonyl (C=O) groups excluding carboxylic acids is 2. The van der Waals surface area contributed by atoms with Crippen LogP contribution in [0.15, 0.2) is 18.2 Å². The number of hydrogen-bond donors (Lipinski definition) is 2. The summed E-state index contributed by atoms with van der Waals surface area (Å²) < 4.78 is 0. The molecule has 1 unspecified atom stereocenters. The van der Waals surface area contributed by atoms with E-state index in [1.165, 1.54) is 0 Å². The first kappa shape index (κ1) is 23.7. The van der Waals surface area contributed by atoms with Crippen molar-refractivity contribution in [3.63, 3.8) is 0 Å². The fraction of sp³-hybridized carbons (Fsp3) is 0.632. The minimum atomic E-state index is -0.169. The van der Waals surface area contributed by atoms with Gasteiger partial charge in [0.05, 0.1) is 5.92 Å². The normalized spacial score (nSPS) is 24.5. The number of amides is 2. The van der Waals surface area contributed by atoms with Crippen LogP contribution in [0, 0.1) is 24.7 Å². The van der Waals surface area contributed by atoms with Gasteiger partial charge < -0.3 is 16.0 Å². The van der Waals surface area contributed by atoms with Crippen molar-refractivity contribution in [1.82, 2.24) is 9.88 Å². The number of anilines is 1. The number of carbonyl (C=O) groups is 2. The van der Waals surface area contributed by atoms with Crippen LogP contribution in [-0.4, -0.2) is 41.3 Å². The van der Waals surface area contributed by atoms with Crippen LogP contribution in [-0.2, 0) is 9.59 Å². The predicted octanol–water partition coefficient (Wildman–Crippen LogP) is 2.79. The third-order valence-corrected chi connectivity index (χ3v) is 5.52. The van der Waals surface area contributed by atoms with Crippen molar-refractivity contribution in [3.8, 4) is 0 Å². The van der Waals surface area contributed by atoms with E-state index in [4.69, 9.17) is 5.73 Å². The Bertz CT molecular complexity index is 644. The Kier molecular flexibility index (Phi) is 9.50. The van der Waals surface area contributed by atoms with Gasteiger partial charge in [-0.15, -0.1) is 24.8 Å². The molecule has 1 aliphatic carbocycles. The lowest BCUT2D eigenvalue weighted by Gasteiger charge is -2.34. The monoisotopic (exact) mass is 416 g/mol. The molecule has 0 radical (unpaired) electrons. The van der Waals surface area contributed by atoms with Gasteiger partial charge in [0.25, 0.3) is 0 Å². The summed E-state index contributed by atoms with van der Waals surface area (Å²) in [7, 11) is 0. The van der Waals surface area contributed by atoms with Crippen molar-refractivity contribution >= 4 is 42.4 Å². The zero-order valence-corrected chi connectivity index (χ0v) is 17.4. The predicted molar refractivity (Wildman–Crippen MR) is 111 cm³/mol. The number of nitrogens with zero attached hydrogens (tertiary/aromatic N) is 2. The highest BCUT2D eigenvalue weighted by Crippen LogP contribution is 2.33. The van der Waals surface area contributed by atoms with Gasteiger partial charge in [0.2, 0.25) is 11.8 Å². The molecule has 1 aromatic rings. The van der Waals surface area contributed by atoms with Crippen LogP contribution in [0.3, 0.4) is 0 Å². The lowest BCUT2D eigenvalue weighted by atomic mass is 9.91. The van der Waals surface area contributed by atoms with Gasteiger partial charge in [0, 0.05) is 24.7 Å². The molecule has 27 heavy (non-hydrogen) atoms. The number of nitrogens with two attached hydrogens (primary N) is 1. The summed E-state index contributed by atoms with van der Waals surface area (Å²) in [6.45, 7) is 3.72. The Hall–Kier alpha value is -1.37. The Morgan fingerprint density at radius 1 is 1.22 bits per heavy atom. The molecule has 3 atom stereocenters. The maximum atomic E-state index is 12.9. The SMILES string of the molecule is Cc1cccc(NC(=O)C2CCCN(C(=O)[C@@H]3CCC[C@@H]3CN)C2)n1.Cl.Cl. The van der Waals surface area contributed by atoms with Crippen LogP contribution in [0.2, 0.25) is 0 Å². The van der Waals surface area contributed by atoms with E-state index in [9.17, 15) is 9.59 Å². The number of likely N-dealkylation sites (tertiary alicyclic amines) is 1. The van der Waals surface area contributed by atoms with Crippen molar-refractivity contribution in [2.75, 3.05) is 25.0 Å². The molecule has 0 bridgehead atoms. The Balaban J connectivity index is 0.00000182. The van der Waals surface area contributed by atoms with Crippen LogP contribution in [0.4, 0.5) is 5.82 Å². The smallest absolute Gasteiger partial charge is 0.230 e. The van der Waals surface area contributed by atoms with Crippen molar-refractivity contribution in [2.45, 2.75) is 39.0 Å². The van der Waals surface area contributed by atoms with Crippen molar-refractivity contribution in [1.29, 1.82) is 0 Å². The Morgan fingerprint density at radius 2 is 2.00 bits per heavy atom. The molecule has 1 aliphatic heterocycles. The van der Waals surface area contributed by atoms with Crippen molar-refractivity contribution < 1.29 is 9.59 Å². The van der Waals surface area contributed by atoms with Crippen LogP contribution in [0.25, 0.3) is 0 Å². The van der Waals surface area contributed by atoms with E-state index in [0.29, 0.717) is 24.8 Å². The highest BCUT2D eigenvalue weighted by molar-refractivity contribution is 5.92. The van der Waals surface area contributed by atoms with E-state index in [2.05, 4.69) is 10.3 Å². The molecule has 6 nitrogen and oxygen atoms in total. The molecule has 3 rings (SSSR count). The summed E-state index contributed by atoms with van der Waals surface area (Å²) in [5.41, 5.74) is 6.69. The molecule has 152 valence electrons. The zero-order chi connectivity index (χ0) is 17.8. The van der Waals surface area contributed by atoms with Gasteiger partial charge in [-0.3, -0.25) is 9.59 Å². The first-order valence-electron chi connectivity index (χ1n) is 9.32. The number of pyridine rings is 1. The van der Waals surface area contributed by atoms with Crippen molar-refractivity contribution in [2.24, 2.45) is 23.5 Å². The average Bonchev–Trinajstić information content (AvgIpc) is 3.10. The fourth-order valence-electron chi connectivity index (χ4n) is 4.11. The van der Waals surface area contributed by atoms with Gasteiger partial charge >= 0.3 is 0 Å². The first-order chi connectivity index (χ1) is 12.1. The fourth-order valence-corrected chi connectivity index (χ4v) is 4.11. The molecule has 1 saturated carbocycles. The Labute approximate surface area is 173 Å². The molecule has 0 aromatic carbocycles. The molecule has 8 heteroatoms. The van der Waals surface area contributed by atoms with Crippen LogP contribution >= 0.6 is 24.8 Å². The van der Waals surface area contributed by atoms with E-state index >= 15 is 0 Å². The molecule has 3 N–H and O–H groups in total. The summed E-state index contributed by atoms with van der Waals surface area (Å²) in [4.78, 5) is 31.7. The second kappa shape index (κ2) is 10.8. The molecule has 0 spiro atoms. The number of rotatable bonds is 4. The maximum Gasteiger partial charge on any atom is 0.230 e. The molecule has 1 saturated heterocycles. The molecule has 1 aromatic heterocycles. The van der Waals surface area contributed by atoms with Gasteiger partial charge in [-0.2, -0.15) is 0 Å². The lowest BCUT2D eigenvalue weighted by molar-refractivity contribution is -0.139. The summed E-state index contributed by atoms with van der Waals surface area (Å²) in [6, 6.07) is 5.56. The number of aromatic nitrogens is 1. The number of aryl methyl sites for hydroxylation is 1. The third kappa shape index (κ3) is 5.80. The standard InChI is InChI=1S/C19H28N4O2.2ClH/c1-13-5-2-9-17(21-13)22-18(24)15-7-4-10-23(12-15)19(25)16-8-3-6-14(16)11-20;;/h2,5,9,14-16H,3-4,6-8,10-12,20H2,1H3,(H,21,22,24);2*1H/t14-,15?,16-;;/m1../s1. The van der Waals surface area contributed by atoms with Crippen LogP contribution in [0.1, 0.15) is 37.8 Å². The third-order valence-electron chi connectivity index (χ3n) is 5.52. The van der Waals surface area contributed by atoms with Gasteiger partial charge in [-0.1, -0.05) is 12.5 Å². The van der Waals surface area contributed by atoms with Crippen LogP contribution in [0.5, 0.6) is 0 Å². The highest BCUT2D eigenvalue weighted by atomic mass is 35.5. The Morgan fingerprint density at radius 3 is 2.70 bits per heavy atom. The maximum absolute atomic E-state index is 12.9. The second-order valence-electron chi connectivity index (χ2n) is 7.31. The minimum Gasteiger partial charge on any atom is -0.342 e. The number of piperidine rings is 1. The first-order valence-corrected chi connectivity index (χ1v) is 9.32. The summed E-state index contributed by atoms with van der Waals surface area (Å²) in [6.07, 6.45) is 4.73. The highest BCUT2D eigenvalue weighted by Gasteiger charge is 2.37. The summed E-state index contributed by atoms with van der Waals surface area (Å²) in [5.74, 6) is 0.908. The molecule has 2 fully saturated rings. The largest absolute Gasteiger partial charge is 0.342 e. The molecule has 2 heterocycles.